The SMILES string of the molecule is CC(C)=CC1=CC(C)(C)C(=Nc2c(C)cccc2C)O1. The van der Waals surface area contributed by atoms with Crippen molar-refractivity contribution >= 4 is 11.6 Å². The zero-order chi connectivity index (χ0) is 14.9. The van der Waals surface area contributed by atoms with Crippen LogP contribution in [0.2, 0.25) is 0 Å². The van der Waals surface area contributed by atoms with Crippen molar-refractivity contribution in [2.45, 2.75) is 41.5 Å². The van der Waals surface area contributed by atoms with Crippen LogP contribution in [-0.2, 0) is 4.74 Å². The first kappa shape index (κ1) is 14.6. The number of nitrogens with zero attached hydrogens (tertiary/aromatic N) is 1. The predicted octanol–water partition coefficient (Wildman–Crippen LogP) is 5.24. The lowest BCUT2D eigenvalue weighted by atomic mass is 9.94. The molecule has 2 nitrogen and oxygen atoms in total. The molecule has 0 aromatic heterocycles. The van der Waals surface area contributed by atoms with E-state index in [1.807, 2.05) is 0 Å². The Bertz CT molecular complexity index is 594. The van der Waals surface area contributed by atoms with E-state index >= 15 is 0 Å². The molecule has 1 heterocycles. The molecule has 0 saturated heterocycles. The zero-order valence-corrected chi connectivity index (χ0v) is 13.2. The average Bonchev–Trinajstić information content (AvgIpc) is 2.57. The minimum Gasteiger partial charge on any atom is -0.442 e. The third kappa shape index (κ3) is 3.01. The maximum atomic E-state index is 5.94. The number of rotatable bonds is 2. The summed E-state index contributed by atoms with van der Waals surface area (Å²) in [6.45, 7) is 12.6. The smallest absolute Gasteiger partial charge is 0.204 e. The second-order valence-corrected chi connectivity index (χ2v) is 6.25. The highest BCUT2D eigenvalue weighted by atomic mass is 16.5. The first-order valence-electron chi connectivity index (χ1n) is 7.00. The molecule has 0 radical (unpaired) electrons. The van der Waals surface area contributed by atoms with Gasteiger partial charge in [0.15, 0.2) is 0 Å². The maximum Gasteiger partial charge on any atom is 0.204 e. The lowest BCUT2D eigenvalue weighted by molar-refractivity contribution is 0.421. The number of benzene rings is 1. The van der Waals surface area contributed by atoms with E-state index in [1.165, 1.54) is 16.7 Å². The van der Waals surface area contributed by atoms with Crippen LogP contribution in [-0.4, -0.2) is 5.90 Å². The van der Waals surface area contributed by atoms with Gasteiger partial charge < -0.3 is 4.74 Å². The van der Waals surface area contributed by atoms with Crippen molar-refractivity contribution < 1.29 is 4.74 Å². The number of allylic oxidation sites excluding steroid dienone is 2. The van der Waals surface area contributed by atoms with Crippen molar-refractivity contribution in [3.05, 3.63) is 52.8 Å². The van der Waals surface area contributed by atoms with Crippen LogP contribution in [0.4, 0.5) is 5.69 Å². The van der Waals surface area contributed by atoms with E-state index in [-0.39, 0.29) is 5.41 Å². The maximum absolute atomic E-state index is 5.94. The van der Waals surface area contributed by atoms with Crippen molar-refractivity contribution in [2.24, 2.45) is 10.4 Å². The van der Waals surface area contributed by atoms with Gasteiger partial charge in [0, 0.05) is 0 Å². The largest absolute Gasteiger partial charge is 0.442 e. The van der Waals surface area contributed by atoms with E-state index in [9.17, 15) is 0 Å². The van der Waals surface area contributed by atoms with Gasteiger partial charge in [0.25, 0.3) is 0 Å². The molecule has 0 fully saturated rings. The van der Waals surface area contributed by atoms with Gasteiger partial charge in [0.1, 0.15) is 5.76 Å². The van der Waals surface area contributed by atoms with Gasteiger partial charge >= 0.3 is 0 Å². The fourth-order valence-corrected chi connectivity index (χ4v) is 2.30. The van der Waals surface area contributed by atoms with Crippen molar-refractivity contribution in [1.82, 2.24) is 0 Å². The van der Waals surface area contributed by atoms with E-state index in [0.717, 1.165) is 17.3 Å². The second-order valence-electron chi connectivity index (χ2n) is 6.25. The minimum absolute atomic E-state index is 0.171. The van der Waals surface area contributed by atoms with Crippen molar-refractivity contribution in [2.75, 3.05) is 0 Å². The topological polar surface area (TPSA) is 21.6 Å². The van der Waals surface area contributed by atoms with Crippen LogP contribution < -0.4 is 0 Å². The summed E-state index contributed by atoms with van der Waals surface area (Å²) in [6, 6.07) is 6.22. The zero-order valence-electron chi connectivity index (χ0n) is 13.2. The lowest BCUT2D eigenvalue weighted by Crippen LogP contribution is -2.18. The normalized spacial score (nSPS) is 18.7. The van der Waals surface area contributed by atoms with Crippen LogP contribution in [0.25, 0.3) is 0 Å². The summed E-state index contributed by atoms with van der Waals surface area (Å²) in [5.41, 5.74) is 4.42. The first-order chi connectivity index (χ1) is 9.29. The molecule has 0 spiro atoms. The molecule has 1 aliphatic rings. The van der Waals surface area contributed by atoms with E-state index in [0.29, 0.717) is 0 Å². The molecule has 2 heteroatoms. The molecule has 106 valence electrons. The Balaban J connectivity index is 2.40. The predicted molar refractivity (Wildman–Crippen MR) is 85.4 cm³/mol. The van der Waals surface area contributed by atoms with Crippen LogP contribution in [0.5, 0.6) is 0 Å². The van der Waals surface area contributed by atoms with Gasteiger partial charge in [-0.3, -0.25) is 0 Å². The number of aliphatic imine (C=N–C) groups is 1. The van der Waals surface area contributed by atoms with Crippen LogP contribution in [0.15, 0.2) is 46.7 Å². The van der Waals surface area contributed by atoms with Gasteiger partial charge in [-0.05, 0) is 64.8 Å². The molecule has 0 N–H and O–H groups in total. The monoisotopic (exact) mass is 269 g/mol. The number of aryl methyl sites for hydroxylation is 2. The number of hydrogen-bond donors (Lipinski definition) is 0. The van der Waals surface area contributed by atoms with Gasteiger partial charge in [-0.25, -0.2) is 4.99 Å². The number of para-hydroxylation sites is 1. The Kier molecular flexibility index (Phi) is 3.85. The van der Waals surface area contributed by atoms with E-state index in [1.54, 1.807) is 0 Å². The van der Waals surface area contributed by atoms with Gasteiger partial charge in [0.05, 0.1) is 11.1 Å². The van der Waals surface area contributed by atoms with Gasteiger partial charge in [0.2, 0.25) is 5.90 Å². The molecule has 1 aromatic rings. The summed E-state index contributed by atoms with van der Waals surface area (Å²) >= 11 is 0. The van der Waals surface area contributed by atoms with Crippen LogP contribution in [0, 0.1) is 19.3 Å². The minimum atomic E-state index is -0.171. The number of hydrogen-bond acceptors (Lipinski definition) is 2. The van der Waals surface area contributed by atoms with Crippen molar-refractivity contribution in [1.29, 1.82) is 0 Å². The Morgan fingerprint density at radius 3 is 2.30 bits per heavy atom. The highest BCUT2D eigenvalue weighted by molar-refractivity contribution is 5.90. The Morgan fingerprint density at radius 2 is 1.75 bits per heavy atom. The first-order valence-corrected chi connectivity index (χ1v) is 7.00. The summed E-state index contributed by atoms with van der Waals surface area (Å²) in [4.78, 5) is 4.78. The van der Waals surface area contributed by atoms with E-state index < -0.39 is 0 Å². The molecule has 0 unspecified atom stereocenters. The summed E-state index contributed by atoms with van der Waals surface area (Å²) < 4.78 is 5.94. The highest BCUT2D eigenvalue weighted by Gasteiger charge is 2.32. The van der Waals surface area contributed by atoms with Crippen LogP contribution in [0.3, 0.4) is 0 Å². The molecular formula is C18H23NO. The molecule has 0 atom stereocenters. The molecule has 0 aliphatic carbocycles. The van der Waals surface area contributed by atoms with Crippen LogP contribution in [0.1, 0.15) is 38.8 Å². The summed E-state index contributed by atoms with van der Waals surface area (Å²) in [5, 5.41) is 0. The molecular weight excluding hydrogens is 246 g/mol. The Labute approximate surface area is 121 Å². The Hall–Kier alpha value is -1.83. The third-order valence-electron chi connectivity index (χ3n) is 3.35. The van der Waals surface area contributed by atoms with Gasteiger partial charge in [-0.15, -0.1) is 0 Å². The average molecular weight is 269 g/mol. The van der Waals surface area contributed by atoms with E-state index in [2.05, 4.69) is 71.9 Å². The van der Waals surface area contributed by atoms with Crippen molar-refractivity contribution in [3.63, 3.8) is 0 Å². The van der Waals surface area contributed by atoms with Crippen LogP contribution >= 0.6 is 0 Å². The van der Waals surface area contributed by atoms with E-state index in [4.69, 9.17) is 9.73 Å². The lowest BCUT2D eigenvalue weighted by Gasteiger charge is -2.15. The fourth-order valence-electron chi connectivity index (χ4n) is 2.30. The molecule has 20 heavy (non-hydrogen) atoms. The standard InChI is InChI=1S/C18H23NO/c1-12(2)10-15-11-18(5,6)17(20-15)19-16-13(3)8-7-9-14(16)4/h7-11H,1-6H3. The highest BCUT2D eigenvalue weighted by Crippen LogP contribution is 2.35. The third-order valence-corrected chi connectivity index (χ3v) is 3.35. The fraction of sp³-hybridized carbons (Fsp3) is 0.389. The second kappa shape index (κ2) is 5.28. The summed E-state index contributed by atoms with van der Waals surface area (Å²) in [5.74, 6) is 1.65. The molecule has 1 aliphatic heterocycles. The molecule has 2 rings (SSSR count). The Morgan fingerprint density at radius 1 is 1.15 bits per heavy atom. The molecule has 0 bridgehead atoms. The van der Waals surface area contributed by atoms with Crippen molar-refractivity contribution in [3.8, 4) is 0 Å². The van der Waals surface area contributed by atoms with Gasteiger partial charge in [-0.2, -0.15) is 0 Å². The molecule has 0 amide bonds. The molecule has 1 aromatic carbocycles. The quantitative estimate of drug-likeness (QED) is 0.719. The molecule has 0 saturated carbocycles. The summed E-state index contributed by atoms with van der Waals surface area (Å²) in [7, 11) is 0. The number of ether oxygens (including phenoxy) is 1. The van der Waals surface area contributed by atoms with Gasteiger partial charge in [-0.1, -0.05) is 23.8 Å². The summed E-state index contributed by atoms with van der Waals surface area (Å²) in [6.07, 6.45) is 4.18.